The van der Waals surface area contributed by atoms with Crippen molar-refractivity contribution in [2.75, 3.05) is 0 Å². The Morgan fingerprint density at radius 1 is 0.941 bits per heavy atom. The lowest BCUT2D eigenvalue weighted by Crippen LogP contribution is -2.20. The number of halogens is 7. The fraction of sp³-hybridized carbons (Fsp3) is 0.0455. The van der Waals surface area contributed by atoms with Gasteiger partial charge >= 0.3 is 12.1 Å². The summed E-state index contributed by atoms with van der Waals surface area (Å²) in [4.78, 5) is 24.2. The van der Waals surface area contributed by atoms with Gasteiger partial charge in [-0.15, -0.1) is 0 Å². The Morgan fingerprint density at radius 2 is 1.62 bits per heavy atom. The SMILES string of the molecule is O=C(O)c1cc(F)c(-c2nn(C(=O)c3c(Cl)cccc3C(F)(F)F)c3cccc(F)c23)cc1F. The molecule has 0 spiro atoms. The first-order chi connectivity index (χ1) is 15.9. The number of carbonyl (C=O) groups excluding carboxylic acids is 1. The Hall–Kier alpha value is -3.86. The maximum atomic E-state index is 14.7. The molecular weight excluding hydrogens is 490 g/mol. The molecule has 1 heterocycles. The van der Waals surface area contributed by atoms with Crippen molar-refractivity contribution in [3.63, 3.8) is 0 Å². The highest BCUT2D eigenvalue weighted by Gasteiger charge is 2.37. The number of nitrogens with zero attached hydrogens (tertiary/aromatic N) is 2. The van der Waals surface area contributed by atoms with Gasteiger partial charge in [-0.25, -0.2) is 18.0 Å². The Balaban J connectivity index is 2.02. The van der Waals surface area contributed by atoms with Crippen LogP contribution >= 0.6 is 11.6 Å². The van der Waals surface area contributed by atoms with Crippen LogP contribution in [0.15, 0.2) is 48.5 Å². The number of alkyl halides is 3. The van der Waals surface area contributed by atoms with Crippen LogP contribution in [0.4, 0.5) is 26.3 Å². The second kappa shape index (κ2) is 8.17. The highest BCUT2D eigenvalue weighted by atomic mass is 35.5. The molecule has 0 saturated heterocycles. The number of carboxylic acids is 1. The minimum atomic E-state index is -4.98. The minimum absolute atomic E-state index is 0.344. The second-order valence-corrected chi connectivity index (χ2v) is 7.38. The van der Waals surface area contributed by atoms with Crippen molar-refractivity contribution in [2.45, 2.75) is 6.18 Å². The van der Waals surface area contributed by atoms with Gasteiger partial charge in [-0.1, -0.05) is 23.7 Å². The molecule has 5 nitrogen and oxygen atoms in total. The molecule has 3 aromatic carbocycles. The molecule has 0 saturated carbocycles. The topological polar surface area (TPSA) is 72.2 Å². The van der Waals surface area contributed by atoms with E-state index in [0.717, 1.165) is 30.3 Å². The number of carbonyl (C=O) groups is 2. The van der Waals surface area contributed by atoms with Crippen LogP contribution in [-0.4, -0.2) is 26.8 Å². The van der Waals surface area contributed by atoms with Crippen molar-refractivity contribution in [2.24, 2.45) is 0 Å². The number of benzene rings is 3. The maximum Gasteiger partial charge on any atom is 0.417 e. The molecule has 0 aliphatic carbocycles. The second-order valence-electron chi connectivity index (χ2n) is 6.98. The van der Waals surface area contributed by atoms with Gasteiger partial charge in [-0.05, 0) is 36.4 Å². The molecule has 4 rings (SSSR count). The Kier molecular flexibility index (Phi) is 5.60. The van der Waals surface area contributed by atoms with Crippen molar-refractivity contribution in [3.8, 4) is 11.3 Å². The number of aromatic carboxylic acids is 1. The standard InChI is InChI=1S/C22H9ClF6N2O3/c23-12-4-1-3-11(22(27,28)29)17(12)20(32)31-16-6-2-5-13(24)18(16)19(30-31)9-7-15(26)10(21(33)34)8-14(9)25/h1-8H,(H,33,34). The summed E-state index contributed by atoms with van der Waals surface area (Å²) in [5.41, 5.74) is -5.06. The zero-order chi connectivity index (χ0) is 24.9. The average Bonchev–Trinajstić information content (AvgIpc) is 3.14. The van der Waals surface area contributed by atoms with Crippen LogP contribution in [0.1, 0.15) is 26.3 Å². The van der Waals surface area contributed by atoms with Gasteiger partial charge in [-0.3, -0.25) is 4.79 Å². The van der Waals surface area contributed by atoms with Crippen molar-refractivity contribution >= 4 is 34.4 Å². The number of aromatic nitrogens is 2. The Labute approximate surface area is 190 Å². The molecule has 0 atom stereocenters. The molecule has 0 fully saturated rings. The third kappa shape index (κ3) is 3.77. The molecule has 34 heavy (non-hydrogen) atoms. The van der Waals surface area contributed by atoms with E-state index < -0.39 is 73.9 Å². The van der Waals surface area contributed by atoms with Gasteiger partial charge in [-0.2, -0.15) is 23.0 Å². The predicted octanol–water partition coefficient (Wildman–Crippen LogP) is 6.18. The summed E-state index contributed by atoms with van der Waals surface area (Å²) < 4.78 is 84.6. The average molecular weight is 499 g/mol. The number of fused-ring (bicyclic) bond motifs is 1. The van der Waals surface area contributed by atoms with Gasteiger partial charge in [0.15, 0.2) is 0 Å². The first kappa shape index (κ1) is 23.3. The molecule has 0 amide bonds. The molecular formula is C22H9ClF6N2O3. The normalized spacial score (nSPS) is 11.7. The quantitative estimate of drug-likeness (QED) is 0.342. The van der Waals surface area contributed by atoms with Crippen LogP contribution in [0.5, 0.6) is 0 Å². The highest BCUT2D eigenvalue weighted by Crippen LogP contribution is 2.37. The third-order valence-corrected chi connectivity index (χ3v) is 5.24. The van der Waals surface area contributed by atoms with E-state index in [9.17, 15) is 35.9 Å². The lowest BCUT2D eigenvalue weighted by molar-refractivity contribution is -0.137. The van der Waals surface area contributed by atoms with E-state index in [4.69, 9.17) is 16.7 Å². The van der Waals surface area contributed by atoms with Gasteiger partial charge in [0.1, 0.15) is 23.1 Å². The van der Waals surface area contributed by atoms with E-state index in [0.29, 0.717) is 22.9 Å². The van der Waals surface area contributed by atoms with Crippen LogP contribution in [0, 0.1) is 17.5 Å². The third-order valence-electron chi connectivity index (χ3n) is 4.92. The smallest absolute Gasteiger partial charge is 0.417 e. The summed E-state index contributed by atoms with van der Waals surface area (Å²) in [6.07, 6.45) is -4.98. The van der Waals surface area contributed by atoms with Crippen LogP contribution in [0.25, 0.3) is 22.2 Å². The summed E-state index contributed by atoms with van der Waals surface area (Å²) in [5.74, 6) is -6.89. The van der Waals surface area contributed by atoms with E-state index >= 15 is 0 Å². The van der Waals surface area contributed by atoms with E-state index in [-0.39, 0.29) is 5.52 Å². The molecule has 0 aliphatic heterocycles. The molecule has 1 N–H and O–H groups in total. The van der Waals surface area contributed by atoms with Crippen molar-refractivity contribution in [1.82, 2.24) is 9.78 Å². The zero-order valence-electron chi connectivity index (χ0n) is 16.4. The van der Waals surface area contributed by atoms with Gasteiger partial charge in [0, 0.05) is 5.56 Å². The van der Waals surface area contributed by atoms with E-state index in [1.807, 2.05) is 0 Å². The summed E-state index contributed by atoms with van der Waals surface area (Å²) in [6, 6.07) is 6.61. The van der Waals surface area contributed by atoms with Gasteiger partial charge in [0.05, 0.1) is 32.6 Å². The van der Waals surface area contributed by atoms with Crippen LogP contribution in [0.2, 0.25) is 5.02 Å². The minimum Gasteiger partial charge on any atom is -0.478 e. The number of carboxylic acid groups (broad SMARTS) is 1. The van der Waals surface area contributed by atoms with Crippen LogP contribution < -0.4 is 0 Å². The molecule has 0 unspecified atom stereocenters. The van der Waals surface area contributed by atoms with Crippen LogP contribution in [0.3, 0.4) is 0 Å². The summed E-state index contributed by atoms with van der Waals surface area (Å²) in [6.45, 7) is 0. The number of hydrogen-bond acceptors (Lipinski definition) is 3. The lowest BCUT2D eigenvalue weighted by atomic mass is 10.0. The molecule has 4 aromatic rings. The van der Waals surface area contributed by atoms with Gasteiger partial charge in [0.25, 0.3) is 5.91 Å². The first-order valence-electron chi connectivity index (χ1n) is 9.22. The molecule has 12 heteroatoms. The molecule has 0 radical (unpaired) electrons. The van der Waals surface area contributed by atoms with E-state index in [1.165, 1.54) is 0 Å². The van der Waals surface area contributed by atoms with Crippen molar-refractivity contribution < 1.29 is 41.0 Å². The van der Waals surface area contributed by atoms with Crippen molar-refractivity contribution in [3.05, 3.63) is 87.7 Å². The molecule has 1 aromatic heterocycles. The highest BCUT2D eigenvalue weighted by molar-refractivity contribution is 6.34. The molecule has 174 valence electrons. The van der Waals surface area contributed by atoms with Gasteiger partial charge < -0.3 is 5.11 Å². The monoisotopic (exact) mass is 498 g/mol. The zero-order valence-corrected chi connectivity index (χ0v) is 17.2. The summed E-state index contributed by atoms with van der Waals surface area (Å²) in [7, 11) is 0. The van der Waals surface area contributed by atoms with E-state index in [1.54, 1.807) is 0 Å². The fourth-order valence-electron chi connectivity index (χ4n) is 3.45. The largest absolute Gasteiger partial charge is 0.478 e. The summed E-state index contributed by atoms with van der Waals surface area (Å²) >= 11 is 5.88. The first-order valence-corrected chi connectivity index (χ1v) is 9.60. The summed E-state index contributed by atoms with van der Waals surface area (Å²) in [5, 5.41) is 11.7. The fourth-order valence-corrected chi connectivity index (χ4v) is 3.70. The van der Waals surface area contributed by atoms with Gasteiger partial charge in [0.2, 0.25) is 0 Å². The Morgan fingerprint density at radius 3 is 2.26 bits per heavy atom. The van der Waals surface area contributed by atoms with E-state index in [2.05, 4.69) is 5.10 Å². The number of rotatable bonds is 3. The maximum absolute atomic E-state index is 14.7. The molecule has 0 bridgehead atoms. The van der Waals surface area contributed by atoms with Crippen LogP contribution in [-0.2, 0) is 6.18 Å². The number of hydrogen-bond donors (Lipinski definition) is 1. The molecule has 0 aliphatic rings. The Bertz CT molecular complexity index is 1500. The lowest BCUT2D eigenvalue weighted by Gasteiger charge is -2.13. The van der Waals surface area contributed by atoms with Crippen molar-refractivity contribution in [1.29, 1.82) is 0 Å². The predicted molar refractivity (Wildman–Crippen MR) is 108 cm³/mol.